The van der Waals surface area contributed by atoms with Gasteiger partial charge in [-0.05, 0) is 10.8 Å². The van der Waals surface area contributed by atoms with E-state index in [1.165, 1.54) is 0 Å². The summed E-state index contributed by atoms with van der Waals surface area (Å²) >= 11 is 0. The minimum atomic E-state index is -2.28. The third kappa shape index (κ3) is 3.15. The average Bonchev–Trinajstić information content (AvgIpc) is 2.30. The molecule has 1 aromatic rings. The minimum absolute atomic E-state index is 0.0724. The van der Waals surface area contributed by atoms with Gasteiger partial charge in [-0.2, -0.15) is 0 Å². The number of halogens is 5. The van der Waals surface area contributed by atoms with Crippen LogP contribution in [0.15, 0.2) is 0 Å². The van der Waals surface area contributed by atoms with E-state index in [1.54, 1.807) is 41.5 Å². The summed E-state index contributed by atoms with van der Waals surface area (Å²) in [5.74, 6) is -11.8. The highest BCUT2D eigenvalue weighted by Crippen LogP contribution is 2.44. The fourth-order valence-corrected chi connectivity index (χ4v) is 2.74. The summed E-state index contributed by atoms with van der Waals surface area (Å²) < 4.78 is 67.3. The van der Waals surface area contributed by atoms with Gasteiger partial charge in [-0.15, -0.1) is 0 Å². The van der Waals surface area contributed by atoms with E-state index in [4.69, 9.17) is 0 Å². The Hall–Kier alpha value is -1.46. The van der Waals surface area contributed by atoms with Crippen molar-refractivity contribution in [1.82, 2.24) is 0 Å². The van der Waals surface area contributed by atoms with Crippen molar-refractivity contribution in [1.29, 1.82) is 0 Å². The molecule has 0 amide bonds. The lowest BCUT2D eigenvalue weighted by molar-refractivity contribution is 0.0903. The molecule has 22 heavy (non-hydrogen) atoms. The Kier molecular flexibility index (Phi) is 4.76. The summed E-state index contributed by atoms with van der Waals surface area (Å²) in [5, 5.41) is 0. The van der Waals surface area contributed by atoms with Gasteiger partial charge < -0.3 is 0 Å². The summed E-state index contributed by atoms with van der Waals surface area (Å²) in [6.45, 7) is 9.82. The molecular weight excluding hydrogens is 303 g/mol. The predicted molar refractivity (Wildman–Crippen MR) is 72.7 cm³/mol. The van der Waals surface area contributed by atoms with Gasteiger partial charge in [0.25, 0.3) is 0 Å². The monoisotopic (exact) mass is 321 g/mol. The van der Waals surface area contributed by atoms with E-state index in [2.05, 4.69) is 0 Å². The van der Waals surface area contributed by atoms with Crippen molar-refractivity contribution in [3.63, 3.8) is 0 Å². The molecule has 0 aromatic heterocycles. The maximum Gasteiger partial charge on any atom is 0.200 e. The van der Waals surface area contributed by atoms with Crippen LogP contribution >= 0.6 is 0 Å². The molecule has 123 valence electrons. The first kappa shape index (κ1) is 18.6. The van der Waals surface area contributed by atoms with E-state index >= 15 is 0 Å². The van der Waals surface area contributed by atoms with Gasteiger partial charge in [-0.1, -0.05) is 41.5 Å². The van der Waals surface area contributed by atoms with Crippen molar-refractivity contribution in [3.05, 3.63) is 40.6 Å². The molecule has 1 rings (SSSR count). The van der Waals surface area contributed by atoms with E-state index in [0.717, 1.165) is 0 Å². The topological polar surface area (TPSA) is 17.1 Å². The second kappa shape index (κ2) is 5.63. The Labute approximate surface area is 126 Å². The van der Waals surface area contributed by atoms with E-state index in [9.17, 15) is 26.7 Å². The van der Waals surface area contributed by atoms with E-state index in [0.29, 0.717) is 0 Å². The van der Waals surface area contributed by atoms with Crippen molar-refractivity contribution < 1.29 is 26.7 Å². The highest BCUT2D eigenvalue weighted by atomic mass is 19.2. The van der Waals surface area contributed by atoms with Crippen LogP contribution in [0.3, 0.4) is 0 Å². The Morgan fingerprint density at radius 3 is 1.18 bits per heavy atom. The molecule has 0 aliphatic carbocycles. The summed E-state index contributed by atoms with van der Waals surface area (Å²) in [5.41, 5.74) is -3.03. The molecule has 0 heterocycles. The number of hydrogen-bond donors (Lipinski definition) is 0. The third-order valence-electron chi connectivity index (χ3n) is 3.16. The molecule has 0 aliphatic rings. The molecule has 0 unspecified atom stereocenters. The smallest absolute Gasteiger partial charge is 0.200 e. The summed E-state index contributed by atoms with van der Waals surface area (Å²) in [6.07, 6.45) is 0. The second-order valence-electron chi connectivity index (χ2n) is 7.15. The lowest BCUT2D eigenvalue weighted by atomic mass is 9.63. The fourth-order valence-electron chi connectivity index (χ4n) is 2.74. The van der Waals surface area contributed by atoms with Gasteiger partial charge in [0.05, 0.1) is 11.5 Å². The molecule has 0 saturated heterocycles. The number of carbonyl (C=O) groups excluding carboxylic acids is 1. The third-order valence-corrected chi connectivity index (χ3v) is 3.16. The van der Waals surface area contributed by atoms with Crippen molar-refractivity contribution >= 4 is 5.78 Å². The first-order valence-electron chi connectivity index (χ1n) is 6.65. The van der Waals surface area contributed by atoms with Crippen LogP contribution in [-0.2, 0) is 0 Å². The normalized spacial score (nSPS) is 12.9. The zero-order valence-electron chi connectivity index (χ0n) is 13.3. The van der Waals surface area contributed by atoms with Gasteiger partial charge in [0.2, 0.25) is 5.82 Å². The molecule has 6 heteroatoms. The maximum atomic E-state index is 13.8. The highest BCUT2D eigenvalue weighted by molar-refractivity contribution is 6.07. The maximum absolute atomic E-state index is 13.8. The van der Waals surface area contributed by atoms with Crippen molar-refractivity contribution in [2.45, 2.75) is 41.5 Å². The number of benzene rings is 1. The largest absolute Gasteiger partial charge is 0.293 e. The Balaban J connectivity index is 3.65. The van der Waals surface area contributed by atoms with Crippen molar-refractivity contribution in [2.24, 2.45) is 10.8 Å². The molecule has 0 saturated carbocycles. The van der Waals surface area contributed by atoms with Crippen LogP contribution in [0.5, 0.6) is 0 Å². The first-order valence-corrected chi connectivity index (χ1v) is 6.65. The molecule has 0 spiro atoms. The number of hydrogen-bond acceptors (Lipinski definition) is 1. The second-order valence-corrected chi connectivity index (χ2v) is 7.15. The number of rotatable bonds is 2. The van der Waals surface area contributed by atoms with Crippen LogP contribution in [0.4, 0.5) is 22.0 Å². The van der Waals surface area contributed by atoms with Gasteiger partial charge in [-0.3, -0.25) is 4.79 Å². The zero-order valence-corrected chi connectivity index (χ0v) is 13.3. The molecular formula is C16H18F5O. The molecule has 0 N–H and O–H groups in total. The lowest BCUT2D eigenvalue weighted by Crippen LogP contribution is -2.38. The summed E-state index contributed by atoms with van der Waals surface area (Å²) in [4.78, 5) is 12.5. The van der Waals surface area contributed by atoms with Crippen LogP contribution in [-0.4, -0.2) is 5.78 Å². The average molecular weight is 321 g/mol. The van der Waals surface area contributed by atoms with Crippen LogP contribution < -0.4 is 0 Å². The minimum Gasteiger partial charge on any atom is -0.293 e. The summed E-state index contributed by atoms with van der Waals surface area (Å²) in [7, 11) is 0. The van der Waals surface area contributed by atoms with Gasteiger partial charge in [0.1, 0.15) is 0 Å². The molecule has 0 atom stereocenters. The van der Waals surface area contributed by atoms with E-state index in [1.807, 2.05) is 0 Å². The molecule has 0 aliphatic heterocycles. The molecule has 1 aromatic carbocycles. The number of carbonyl (C=O) groups is 1. The van der Waals surface area contributed by atoms with Crippen LogP contribution in [0.2, 0.25) is 0 Å². The Bertz CT molecular complexity index is 565. The van der Waals surface area contributed by atoms with Crippen LogP contribution in [0, 0.1) is 45.8 Å². The quantitative estimate of drug-likeness (QED) is 0.315. The number of Topliss-reactive ketones (excluding diaryl/α,β-unsaturated/α-hetero) is 1. The summed E-state index contributed by atoms with van der Waals surface area (Å²) in [6, 6.07) is 0. The standard InChI is InChI=1S/C16H18F5O/c1-15(2,3)14(16(4,5)6)13(22)7-8(17)10(19)12(21)11(20)9(7)18/h1-6H3. The predicted octanol–water partition coefficient (Wildman–Crippen LogP) is 5.23. The van der Waals surface area contributed by atoms with E-state index < -0.39 is 51.3 Å². The van der Waals surface area contributed by atoms with Crippen LogP contribution in [0.25, 0.3) is 0 Å². The highest BCUT2D eigenvalue weighted by Gasteiger charge is 2.44. The van der Waals surface area contributed by atoms with Crippen molar-refractivity contribution in [3.8, 4) is 0 Å². The fraction of sp³-hybridized carbons (Fsp3) is 0.500. The Morgan fingerprint density at radius 2 is 0.909 bits per heavy atom. The van der Waals surface area contributed by atoms with Crippen LogP contribution in [0.1, 0.15) is 51.9 Å². The number of ketones is 1. The zero-order chi connectivity index (χ0) is 17.6. The molecule has 1 nitrogen and oxygen atoms in total. The molecule has 0 bridgehead atoms. The Morgan fingerprint density at radius 1 is 0.636 bits per heavy atom. The van der Waals surface area contributed by atoms with Crippen molar-refractivity contribution in [2.75, 3.05) is 0 Å². The lowest BCUT2D eigenvalue weighted by Gasteiger charge is -2.38. The SMILES string of the molecule is CC(C)(C)[C](C(=O)c1c(F)c(F)c(F)c(F)c1F)C(C)(C)C. The van der Waals surface area contributed by atoms with Gasteiger partial charge in [-0.25, -0.2) is 22.0 Å². The molecule has 0 fully saturated rings. The van der Waals surface area contributed by atoms with E-state index in [-0.39, 0.29) is 5.92 Å². The van der Waals surface area contributed by atoms with Gasteiger partial charge >= 0.3 is 0 Å². The molecule has 1 radical (unpaired) electrons. The van der Waals surface area contributed by atoms with Gasteiger partial charge in [0.15, 0.2) is 29.1 Å². The first-order chi connectivity index (χ1) is 9.71. The van der Waals surface area contributed by atoms with Gasteiger partial charge in [0, 0.05) is 0 Å².